The maximum absolute atomic E-state index is 11.8. The number of aromatic nitrogens is 6. The number of carbonyl (C=O) groups is 4. The molecule has 7 aromatic heterocycles. The van der Waals surface area contributed by atoms with Crippen molar-refractivity contribution in [3.8, 4) is 54.7 Å². The molecule has 7 heterocycles. The number of fused-ring (bicyclic) bond motifs is 13. The molecule has 0 bridgehead atoms. The molecule has 21 aromatic rings. The Labute approximate surface area is 871 Å². The molecule has 0 saturated carbocycles. The normalized spacial score (nSPS) is 10.7. The molecule has 0 fully saturated rings. The summed E-state index contributed by atoms with van der Waals surface area (Å²) in [4.78, 5) is 71.0. The van der Waals surface area contributed by atoms with Crippen LogP contribution in [0.2, 0.25) is 0 Å². The second kappa shape index (κ2) is 55.6. The molecule has 14 aromatic carbocycles. The minimum Gasteiger partial charge on any atom is -0.512 e. The van der Waals surface area contributed by atoms with E-state index in [1.165, 1.54) is 135 Å². The van der Waals surface area contributed by atoms with Gasteiger partial charge < -0.3 is 45.3 Å². The summed E-state index contributed by atoms with van der Waals surface area (Å²) in [6.07, 6.45) is 15.6. The molecule has 4 N–H and O–H groups in total. The molecule has 0 atom stereocenters. The van der Waals surface area contributed by atoms with Crippen LogP contribution in [0.1, 0.15) is 57.5 Å². The van der Waals surface area contributed by atoms with Gasteiger partial charge in [-0.1, -0.05) is 288 Å². The first-order valence-electron chi connectivity index (χ1n) is 42.1. The number of benzene rings is 14. The maximum Gasteiger partial charge on any atom is 0.189 e. The summed E-state index contributed by atoms with van der Waals surface area (Å²) in [5.74, 6) is -0.404. The molecule has 21 heteroatoms. The van der Waals surface area contributed by atoms with Crippen molar-refractivity contribution in [3.05, 3.63) is 466 Å². The Morgan fingerprint density at radius 1 is 0.299 bits per heavy atom. The molecule has 5 radical (unpaired) electrons. The molecule has 0 aliphatic rings. The average molecular weight is 2720 g/mol. The van der Waals surface area contributed by atoms with E-state index in [1.807, 2.05) is 140 Å². The van der Waals surface area contributed by atoms with Gasteiger partial charge in [0, 0.05) is 190 Å². The third-order valence-electron chi connectivity index (χ3n) is 19.8. The molecule has 0 amide bonds. The third kappa shape index (κ3) is 31.6. The number of hydrogen-bond donors (Lipinski definition) is 4. The van der Waals surface area contributed by atoms with Crippen molar-refractivity contribution in [2.24, 2.45) is 0 Å². The van der Waals surface area contributed by atoms with Gasteiger partial charge in [0.1, 0.15) is 5.76 Å². The topological polar surface area (TPSA) is 227 Å². The van der Waals surface area contributed by atoms with Crippen molar-refractivity contribution in [2.75, 3.05) is 0 Å². The molecule has 0 unspecified atom stereocenters. The van der Waals surface area contributed by atoms with Crippen molar-refractivity contribution in [2.45, 2.75) is 41.5 Å². The van der Waals surface area contributed by atoms with E-state index in [0.29, 0.717) is 11.1 Å². The Kier molecular flexibility index (Phi) is 44.2. The Morgan fingerprint density at radius 2 is 0.759 bits per heavy atom. The van der Waals surface area contributed by atoms with Gasteiger partial charge in [-0.3, -0.25) is 24.2 Å². The van der Waals surface area contributed by atoms with Gasteiger partial charge in [-0.25, -0.2) is 22.7 Å². The first-order valence-corrected chi connectivity index (χ1v) is 43.8. The van der Waals surface area contributed by atoms with E-state index in [4.69, 9.17) is 15.3 Å². The molecular weight excluding hydrogens is 2630 g/mol. The number of nitrogens with zero attached hydrogens (tertiary/aromatic N) is 6. The molecule has 21 rings (SSSR count). The van der Waals surface area contributed by atoms with Crippen LogP contribution in [0.25, 0.3) is 156 Å². The van der Waals surface area contributed by atoms with Crippen LogP contribution in [0.3, 0.4) is 0 Å². The Bertz CT molecular complexity index is 7260. The number of allylic oxidation sites excluding steroid dienone is 7. The number of carbonyl (C=O) groups excluding carboxylic acids is 4. The van der Waals surface area contributed by atoms with E-state index in [1.54, 1.807) is 71.5 Å². The van der Waals surface area contributed by atoms with Crippen LogP contribution in [-0.2, 0) is 115 Å². The minimum absolute atomic E-state index is 0. The Balaban J connectivity index is 0.000000195. The van der Waals surface area contributed by atoms with Crippen LogP contribution in [0, 0.1) is 30.3 Å². The second-order valence-electron chi connectivity index (χ2n) is 29.9. The number of rotatable bonds is 11. The van der Waals surface area contributed by atoms with Crippen molar-refractivity contribution in [1.29, 1.82) is 0 Å². The average Bonchev–Trinajstić information content (AvgIpc) is 0.767. The minimum atomic E-state index is -0.202. The van der Waals surface area contributed by atoms with E-state index in [0.717, 1.165) is 81.4 Å². The monoisotopic (exact) mass is 2720 g/mol. The largest absolute Gasteiger partial charge is 0.512 e. The summed E-state index contributed by atoms with van der Waals surface area (Å²) in [5, 5.41) is 49.9. The first-order chi connectivity index (χ1) is 64.3. The molecule has 0 spiro atoms. The van der Waals surface area contributed by atoms with Crippen LogP contribution >= 0.6 is 22.7 Å². The fraction of sp³-hybridized carbons (Fsp3) is 0.0517. The zero-order chi connectivity index (χ0) is 92.5. The predicted molar refractivity (Wildman–Crippen MR) is 543 cm³/mol. The van der Waals surface area contributed by atoms with Crippen LogP contribution in [0.4, 0.5) is 0 Å². The zero-order valence-corrected chi connectivity index (χ0v) is 88.4. The van der Waals surface area contributed by atoms with Crippen molar-refractivity contribution in [3.63, 3.8) is 0 Å². The molecular formula is C116H89Ir5N6O8S2-5. The summed E-state index contributed by atoms with van der Waals surface area (Å²) in [6.45, 7) is 8.54. The summed E-state index contributed by atoms with van der Waals surface area (Å²) >= 11 is 3.46. The van der Waals surface area contributed by atoms with Crippen molar-refractivity contribution < 1.29 is 140 Å². The fourth-order valence-electron chi connectivity index (χ4n) is 14.0. The fourth-order valence-corrected chi connectivity index (χ4v) is 15.9. The summed E-state index contributed by atoms with van der Waals surface area (Å²) in [5.41, 5.74) is 12.8. The second-order valence-corrected chi connectivity index (χ2v) is 32.0. The van der Waals surface area contributed by atoms with Gasteiger partial charge in [0.05, 0.1) is 22.8 Å². The number of hydrogen-bond acceptors (Lipinski definition) is 16. The predicted octanol–water partition coefficient (Wildman–Crippen LogP) is 29.2. The number of aliphatic hydroxyl groups excluding tert-OH is 4. The quantitative estimate of drug-likeness (QED) is 0.0311. The summed E-state index contributed by atoms with van der Waals surface area (Å²) < 4.78 is 2.52. The van der Waals surface area contributed by atoms with Gasteiger partial charge in [0.25, 0.3) is 0 Å². The summed E-state index contributed by atoms with van der Waals surface area (Å²) in [6, 6.07) is 132. The van der Waals surface area contributed by atoms with Gasteiger partial charge in [-0.05, 0) is 123 Å². The Hall–Kier alpha value is -13.4. The van der Waals surface area contributed by atoms with E-state index in [9.17, 15) is 24.3 Å². The first kappa shape index (κ1) is 109. The number of aliphatic hydroxyl groups is 4. The van der Waals surface area contributed by atoms with E-state index in [2.05, 4.69) is 254 Å². The van der Waals surface area contributed by atoms with Crippen LogP contribution in [0.5, 0.6) is 0 Å². The van der Waals surface area contributed by atoms with Gasteiger partial charge in [0.2, 0.25) is 0 Å². The van der Waals surface area contributed by atoms with E-state index < -0.39 is 0 Å². The number of thiophene rings is 2. The van der Waals surface area contributed by atoms with E-state index >= 15 is 0 Å². The summed E-state index contributed by atoms with van der Waals surface area (Å²) in [7, 11) is 0. The smallest absolute Gasteiger partial charge is 0.189 e. The van der Waals surface area contributed by atoms with Gasteiger partial charge in [0.15, 0.2) is 23.1 Å². The molecule has 0 aliphatic heterocycles. The maximum atomic E-state index is 11.8. The van der Waals surface area contributed by atoms with Gasteiger partial charge in [-0.2, -0.15) is 0 Å². The number of ketones is 4. The SMILES string of the molecule is CC(=O)C=C(C)O.CC(=O)C=C(C)O.CC(=O)C=C(C)O.O=C(C=C(O)c1ccccc1)c1ccccc1.[Ir].[Ir].[Ir].[Ir].[Ir].[c-]1c(-c2ccccn2)sc2ccccc12.[c-]1c(-c2ccccn2)sc2ccccc12.[c-]1cc(-c2ccccc2)cc2c1c1nccnc1c1ccc(-c3ccccc3)cc21.[c-]1ccc2ccccc2c1-c1cc2ccccc2cn1.[c-]1cccc2ccc3cccnc3c12. The molecule has 0 aliphatic carbocycles. The molecule has 693 valence electrons. The van der Waals surface area contributed by atoms with Gasteiger partial charge in [-0.15, -0.1) is 135 Å². The Morgan fingerprint density at radius 3 is 1.30 bits per heavy atom. The van der Waals surface area contributed by atoms with Crippen molar-refractivity contribution in [1.82, 2.24) is 29.9 Å². The van der Waals surface area contributed by atoms with Crippen molar-refractivity contribution >= 4 is 148 Å². The van der Waals surface area contributed by atoms with Gasteiger partial charge >= 0.3 is 0 Å². The zero-order valence-electron chi connectivity index (χ0n) is 74.8. The molecule has 137 heavy (non-hydrogen) atoms. The van der Waals surface area contributed by atoms with Crippen LogP contribution < -0.4 is 0 Å². The molecule has 0 saturated heterocycles. The third-order valence-corrected chi connectivity index (χ3v) is 22.0. The number of pyridine rings is 4. The van der Waals surface area contributed by atoms with Crippen LogP contribution in [-0.4, -0.2) is 73.5 Å². The molecule has 14 nitrogen and oxygen atoms in total. The van der Waals surface area contributed by atoms with E-state index in [-0.39, 0.29) is 147 Å². The van der Waals surface area contributed by atoms with Crippen LogP contribution in [0.15, 0.2) is 425 Å². The standard InChI is InChI=1S/C28H17N2.C19H12N.C15H12O2.2C13H8NS.C13H8N.3C5H8O2.5Ir/c1-3-7-19(8-4-1)21-11-13-23-25(17-21)26-18-22(20-9-5-2-6-10-20)12-14-24(26)28-27(23)29-15-16-30-28;1-2-8-16-13-20-19(12-15(16)7-1)18-11-5-9-14-6-3-4-10-17(14)18;16-14(12-7-3-1-4-8-12)11-15(17)13-9-5-2-6-10-13;2*1-2-7-12-10(5-1)9-13(15-12)11-6-3-4-8-14-11;1-2-6-12-10(4-1)7-8-11-5-3-9-14-13(11)12;3*1-4(6)3-5(2)7;;;;;/h1-13,15-18H;1-10,12-13H;1-11,16H;2*1-8H;1-5,7-9H;3*3,6H,1-2H3;;;;;/q2*-1;;3*-1;;;;;;;;.